The Morgan fingerprint density at radius 3 is 2.62 bits per heavy atom. The zero-order chi connectivity index (χ0) is 20.4. The van der Waals surface area contributed by atoms with Crippen molar-refractivity contribution >= 4 is 28.3 Å². The first-order chi connectivity index (χ1) is 14.1. The Labute approximate surface area is 173 Å². The fourth-order valence-corrected chi connectivity index (χ4v) is 4.31. The molecule has 2 heterocycles. The number of nitrogens with zero attached hydrogens (tertiary/aromatic N) is 3. The zero-order valence-corrected chi connectivity index (χ0v) is 17.4. The summed E-state index contributed by atoms with van der Waals surface area (Å²) in [4.78, 5) is 22.7. The number of imidazole rings is 1. The molecule has 0 unspecified atom stereocenters. The lowest BCUT2D eigenvalue weighted by molar-refractivity contribution is 0.0953. The number of nitrogens with one attached hydrogen (secondary N) is 1. The molecule has 0 bridgehead atoms. The van der Waals surface area contributed by atoms with Gasteiger partial charge in [0.25, 0.3) is 5.91 Å². The summed E-state index contributed by atoms with van der Waals surface area (Å²) in [5.74, 6) is 1.51. The van der Waals surface area contributed by atoms with E-state index < -0.39 is 0 Å². The molecule has 0 fully saturated rings. The Kier molecular flexibility index (Phi) is 5.31. The van der Waals surface area contributed by atoms with Crippen molar-refractivity contribution in [3.8, 4) is 16.3 Å². The van der Waals surface area contributed by atoms with E-state index in [1.54, 1.807) is 7.11 Å². The molecule has 148 valence electrons. The van der Waals surface area contributed by atoms with Gasteiger partial charge in [0, 0.05) is 12.1 Å². The molecule has 0 aliphatic carbocycles. The minimum Gasteiger partial charge on any atom is -0.497 e. The monoisotopic (exact) mass is 406 g/mol. The predicted octanol–water partition coefficient (Wildman–Crippen LogP) is 4.43. The molecule has 0 saturated carbocycles. The van der Waals surface area contributed by atoms with Gasteiger partial charge in [-0.25, -0.2) is 9.97 Å². The van der Waals surface area contributed by atoms with E-state index in [2.05, 4.69) is 26.8 Å². The highest BCUT2D eigenvalue weighted by Crippen LogP contribution is 2.29. The van der Waals surface area contributed by atoms with Gasteiger partial charge in [-0.2, -0.15) is 0 Å². The third-order valence-corrected chi connectivity index (χ3v) is 6.00. The van der Waals surface area contributed by atoms with Crippen molar-refractivity contribution in [3.05, 3.63) is 64.9 Å². The fourth-order valence-electron chi connectivity index (χ4n) is 3.32. The Morgan fingerprint density at radius 2 is 1.90 bits per heavy atom. The van der Waals surface area contributed by atoms with Crippen LogP contribution in [0.4, 0.5) is 0 Å². The number of benzene rings is 2. The molecule has 29 heavy (non-hydrogen) atoms. The normalized spacial score (nSPS) is 11.0. The van der Waals surface area contributed by atoms with Crippen molar-refractivity contribution < 1.29 is 9.53 Å². The summed E-state index contributed by atoms with van der Waals surface area (Å²) in [7, 11) is 1.64. The Hall–Kier alpha value is -3.19. The third kappa shape index (κ3) is 3.73. The Balaban J connectivity index is 1.52. The lowest BCUT2D eigenvalue weighted by atomic mass is 10.2. The van der Waals surface area contributed by atoms with Gasteiger partial charge >= 0.3 is 0 Å². The maximum Gasteiger partial charge on any atom is 0.263 e. The van der Waals surface area contributed by atoms with Crippen LogP contribution in [0.25, 0.3) is 21.6 Å². The van der Waals surface area contributed by atoms with Crippen molar-refractivity contribution in [2.45, 2.75) is 26.9 Å². The second-order valence-corrected chi connectivity index (χ2v) is 7.60. The quantitative estimate of drug-likeness (QED) is 0.514. The van der Waals surface area contributed by atoms with Crippen LogP contribution in [0.3, 0.4) is 0 Å². The van der Waals surface area contributed by atoms with Crippen LogP contribution < -0.4 is 10.1 Å². The van der Waals surface area contributed by atoms with E-state index in [0.717, 1.165) is 45.4 Å². The molecule has 0 spiro atoms. The summed E-state index contributed by atoms with van der Waals surface area (Å²) < 4.78 is 7.32. The number of methoxy groups -OCH3 is 1. The van der Waals surface area contributed by atoms with Crippen molar-refractivity contribution in [1.29, 1.82) is 0 Å². The highest BCUT2D eigenvalue weighted by atomic mass is 32.1. The average Bonchev–Trinajstić information content (AvgIpc) is 3.32. The highest BCUT2D eigenvalue weighted by Gasteiger charge is 2.17. The fraction of sp³-hybridized carbons (Fsp3) is 0.227. The van der Waals surface area contributed by atoms with Gasteiger partial charge in [-0.1, -0.05) is 12.1 Å². The second-order valence-electron chi connectivity index (χ2n) is 6.61. The molecule has 0 atom stereocenters. The summed E-state index contributed by atoms with van der Waals surface area (Å²) in [5.41, 5.74) is 3.71. The number of thiazole rings is 1. The Morgan fingerprint density at radius 1 is 1.14 bits per heavy atom. The molecule has 2 aromatic carbocycles. The molecular weight excluding hydrogens is 384 g/mol. The van der Waals surface area contributed by atoms with Gasteiger partial charge in [-0.3, -0.25) is 4.79 Å². The van der Waals surface area contributed by atoms with E-state index >= 15 is 0 Å². The van der Waals surface area contributed by atoms with Crippen molar-refractivity contribution in [2.75, 3.05) is 7.11 Å². The SMILES string of the molecule is CCn1c(CNC(=O)c2sc(-c3ccc(OC)cc3)nc2C)nc2ccccc21. The zero-order valence-electron chi connectivity index (χ0n) is 16.6. The first kappa shape index (κ1) is 19.1. The van der Waals surface area contributed by atoms with E-state index in [9.17, 15) is 4.79 Å². The third-order valence-electron chi connectivity index (χ3n) is 4.80. The highest BCUT2D eigenvalue weighted by molar-refractivity contribution is 7.17. The van der Waals surface area contributed by atoms with Crippen LogP contribution in [0.15, 0.2) is 48.5 Å². The van der Waals surface area contributed by atoms with E-state index in [0.29, 0.717) is 11.4 Å². The molecule has 6 nitrogen and oxygen atoms in total. The first-order valence-corrected chi connectivity index (χ1v) is 10.3. The van der Waals surface area contributed by atoms with Crippen LogP contribution >= 0.6 is 11.3 Å². The van der Waals surface area contributed by atoms with Crippen LogP contribution in [0.5, 0.6) is 5.75 Å². The van der Waals surface area contributed by atoms with Gasteiger partial charge in [-0.15, -0.1) is 11.3 Å². The molecule has 0 aliphatic rings. The van der Waals surface area contributed by atoms with E-state index in [1.165, 1.54) is 11.3 Å². The van der Waals surface area contributed by atoms with Gasteiger partial charge < -0.3 is 14.6 Å². The molecule has 1 N–H and O–H groups in total. The molecule has 4 aromatic rings. The van der Waals surface area contributed by atoms with Gasteiger partial charge in [-0.05, 0) is 50.2 Å². The van der Waals surface area contributed by atoms with Crippen molar-refractivity contribution in [3.63, 3.8) is 0 Å². The lowest BCUT2D eigenvalue weighted by Crippen LogP contribution is -2.24. The van der Waals surface area contributed by atoms with Gasteiger partial charge in [0.05, 0.1) is 30.4 Å². The number of fused-ring (bicyclic) bond motifs is 1. The minimum atomic E-state index is -0.130. The number of amides is 1. The molecule has 1 amide bonds. The van der Waals surface area contributed by atoms with E-state index in [1.807, 2.05) is 55.5 Å². The number of ether oxygens (including phenoxy) is 1. The summed E-state index contributed by atoms with van der Waals surface area (Å²) >= 11 is 1.39. The van der Waals surface area contributed by atoms with Gasteiger partial charge in [0.2, 0.25) is 0 Å². The Bertz CT molecular complexity index is 1160. The number of aromatic nitrogens is 3. The van der Waals surface area contributed by atoms with Crippen LogP contribution in [0.2, 0.25) is 0 Å². The average molecular weight is 407 g/mol. The van der Waals surface area contributed by atoms with Crippen LogP contribution in [0, 0.1) is 6.92 Å². The van der Waals surface area contributed by atoms with E-state index in [4.69, 9.17) is 4.74 Å². The predicted molar refractivity (Wildman–Crippen MR) is 115 cm³/mol. The number of aryl methyl sites for hydroxylation is 2. The minimum absolute atomic E-state index is 0.130. The molecule has 0 radical (unpaired) electrons. The van der Waals surface area contributed by atoms with Crippen molar-refractivity contribution in [1.82, 2.24) is 19.9 Å². The van der Waals surface area contributed by atoms with Crippen LogP contribution in [-0.2, 0) is 13.1 Å². The number of para-hydroxylation sites is 2. The summed E-state index contributed by atoms with van der Waals surface area (Å²) in [5, 5.41) is 3.82. The van der Waals surface area contributed by atoms with Crippen molar-refractivity contribution in [2.24, 2.45) is 0 Å². The maximum absolute atomic E-state index is 12.8. The summed E-state index contributed by atoms with van der Waals surface area (Å²) in [6.45, 7) is 5.11. The molecule has 0 saturated heterocycles. The number of hydrogen-bond acceptors (Lipinski definition) is 5. The smallest absolute Gasteiger partial charge is 0.263 e. The number of hydrogen-bond donors (Lipinski definition) is 1. The molecule has 2 aromatic heterocycles. The van der Waals surface area contributed by atoms with Gasteiger partial charge in [0.1, 0.15) is 21.5 Å². The molecular formula is C22H22N4O2S. The summed E-state index contributed by atoms with van der Waals surface area (Å²) in [6.07, 6.45) is 0. The van der Waals surface area contributed by atoms with Gasteiger partial charge in [0.15, 0.2) is 0 Å². The standard InChI is InChI=1S/C22H22N4O2S/c1-4-26-18-8-6-5-7-17(18)25-19(26)13-23-21(27)20-14(2)24-22(29-20)15-9-11-16(28-3)12-10-15/h5-12H,4,13H2,1-3H3,(H,23,27). The van der Waals surface area contributed by atoms with E-state index in [-0.39, 0.29) is 5.91 Å². The first-order valence-electron chi connectivity index (χ1n) is 9.45. The molecule has 7 heteroatoms. The number of rotatable bonds is 6. The summed E-state index contributed by atoms with van der Waals surface area (Å²) in [6, 6.07) is 15.7. The van der Waals surface area contributed by atoms with Crippen LogP contribution in [0.1, 0.15) is 28.1 Å². The maximum atomic E-state index is 12.8. The lowest BCUT2D eigenvalue weighted by Gasteiger charge is -2.07. The number of carbonyl (C=O) groups excluding carboxylic acids is 1. The van der Waals surface area contributed by atoms with Crippen LogP contribution in [-0.4, -0.2) is 27.6 Å². The largest absolute Gasteiger partial charge is 0.497 e. The molecule has 0 aliphatic heterocycles. The topological polar surface area (TPSA) is 69.0 Å². The second kappa shape index (κ2) is 8.05. The molecule has 4 rings (SSSR count). The number of carbonyl (C=O) groups is 1.